The maximum absolute atomic E-state index is 5.63. The summed E-state index contributed by atoms with van der Waals surface area (Å²) in [6.45, 7) is 13.9. The van der Waals surface area contributed by atoms with Gasteiger partial charge in [0.25, 0.3) is 0 Å². The largest absolute Gasteiger partial charge is 0.381 e. The molecule has 0 spiro atoms. The average Bonchev–Trinajstić information content (AvgIpc) is 2.42. The van der Waals surface area contributed by atoms with E-state index in [9.17, 15) is 0 Å². The minimum absolute atomic E-state index is 0.957. The first kappa shape index (κ1) is 15.9. The SMILES string of the molecule is CCCCCOCCCCN1CCN(CC)CC1. The summed E-state index contributed by atoms with van der Waals surface area (Å²) in [5, 5.41) is 0. The van der Waals surface area contributed by atoms with Gasteiger partial charge in [-0.15, -0.1) is 0 Å². The van der Waals surface area contributed by atoms with E-state index in [2.05, 4.69) is 23.6 Å². The molecule has 108 valence electrons. The van der Waals surface area contributed by atoms with Gasteiger partial charge in [-0.1, -0.05) is 26.7 Å². The van der Waals surface area contributed by atoms with Crippen LogP contribution in [0.15, 0.2) is 0 Å². The summed E-state index contributed by atoms with van der Waals surface area (Å²) in [7, 11) is 0. The fraction of sp³-hybridized carbons (Fsp3) is 1.00. The van der Waals surface area contributed by atoms with Crippen LogP contribution >= 0.6 is 0 Å². The average molecular weight is 256 g/mol. The summed E-state index contributed by atoms with van der Waals surface area (Å²) in [6.07, 6.45) is 6.34. The number of unbranched alkanes of at least 4 members (excludes halogenated alkanes) is 3. The molecule has 3 heteroatoms. The fourth-order valence-corrected chi connectivity index (χ4v) is 2.42. The van der Waals surface area contributed by atoms with Crippen molar-refractivity contribution >= 4 is 0 Å². The zero-order valence-corrected chi connectivity index (χ0v) is 12.5. The van der Waals surface area contributed by atoms with Crippen LogP contribution in [0.2, 0.25) is 0 Å². The molecule has 1 heterocycles. The zero-order chi connectivity index (χ0) is 13.1. The molecule has 0 aromatic rings. The van der Waals surface area contributed by atoms with E-state index in [1.807, 2.05) is 0 Å². The van der Waals surface area contributed by atoms with Crippen LogP contribution in [-0.4, -0.2) is 62.3 Å². The van der Waals surface area contributed by atoms with E-state index in [1.54, 1.807) is 0 Å². The molecule has 0 aliphatic carbocycles. The van der Waals surface area contributed by atoms with Crippen molar-refractivity contribution in [2.24, 2.45) is 0 Å². The van der Waals surface area contributed by atoms with Crippen molar-refractivity contribution in [2.45, 2.75) is 46.0 Å². The summed E-state index contributed by atoms with van der Waals surface area (Å²) >= 11 is 0. The molecule has 0 saturated carbocycles. The number of nitrogens with zero attached hydrogens (tertiary/aromatic N) is 2. The van der Waals surface area contributed by atoms with Crippen molar-refractivity contribution in [3.8, 4) is 0 Å². The van der Waals surface area contributed by atoms with Crippen LogP contribution in [0.1, 0.15) is 46.0 Å². The van der Waals surface area contributed by atoms with E-state index < -0.39 is 0 Å². The van der Waals surface area contributed by atoms with E-state index >= 15 is 0 Å². The van der Waals surface area contributed by atoms with E-state index in [0.29, 0.717) is 0 Å². The van der Waals surface area contributed by atoms with Crippen LogP contribution in [0.5, 0.6) is 0 Å². The Kier molecular flexibility index (Phi) is 9.54. The summed E-state index contributed by atoms with van der Waals surface area (Å²) in [5.74, 6) is 0. The highest BCUT2D eigenvalue weighted by Gasteiger charge is 2.14. The molecule has 18 heavy (non-hydrogen) atoms. The molecule has 3 nitrogen and oxygen atoms in total. The lowest BCUT2D eigenvalue weighted by Crippen LogP contribution is -2.46. The van der Waals surface area contributed by atoms with Crippen molar-refractivity contribution in [3.63, 3.8) is 0 Å². The second kappa shape index (κ2) is 10.8. The Bertz CT molecular complexity index is 179. The van der Waals surface area contributed by atoms with Crippen molar-refractivity contribution < 1.29 is 4.74 Å². The normalized spacial score (nSPS) is 18.3. The number of piperazine rings is 1. The van der Waals surface area contributed by atoms with Gasteiger partial charge in [-0.05, 0) is 32.4 Å². The summed E-state index contributed by atoms with van der Waals surface area (Å²) in [4.78, 5) is 5.14. The minimum atomic E-state index is 0.957. The molecule has 0 amide bonds. The first-order chi connectivity index (χ1) is 8.86. The van der Waals surface area contributed by atoms with Crippen LogP contribution in [-0.2, 0) is 4.74 Å². The molecule has 1 rings (SSSR count). The van der Waals surface area contributed by atoms with Gasteiger partial charge in [0.05, 0.1) is 0 Å². The third-order valence-electron chi connectivity index (χ3n) is 3.82. The molecule has 0 unspecified atom stereocenters. The van der Waals surface area contributed by atoms with Gasteiger partial charge in [0, 0.05) is 39.4 Å². The van der Waals surface area contributed by atoms with Gasteiger partial charge in [-0.2, -0.15) is 0 Å². The number of hydrogen-bond donors (Lipinski definition) is 0. The molecule has 0 atom stereocenters. The second-order valence-corrected chi connectivity index (χ2v) is 5.30. The predicted octanol–water partition coefficient (Wildman–Crippen LogP) is 2.61. The topological polar surface area (TPSA) is 15.7 Å². The Balaban J connectivity index is 1.84. The molecular weight excluding hydrogens is 224 g/mol. The highest BCUT2D eigenvalue weighted by atomic mass is 16.5. The van der Waals surface area contributed by atoms with Gasteiger partial charge < -0.3 is 14.5 Å². The molecule has 0 radical (unpaired) electrons. The molecule has 0 aromatic heterocycles. The monoisotopic (exact) mass is 256 g/mol. The van der Waals surface area contributed by atoms with Gasteiger partial charge in [-0.25, -0.2) is 0 Å². The van der Waals surface area contributed by atoms with Gasteiger partial charge in [-0.3, -0.25) is 0 Å². The Morgan fingerprint density at radius 3 is 2.00 bits per heavy atom. The molecular formula is C15H32N2O. The quantitative estimate of drug-likeness (QED) is 0.559. The molecule has 0 aromatic carbocycles. The standard InChI is InChI=1S/C15H32N2O/c1-3-5-7-14-18-15-8-6-9-17-12-10-16(4-2)11-13-17/h3-15H2,1-2H3. The van der Waals surface area contributed by atoms with Gasteiger partial charge >= 0.3 is 0 Å². The Morgan fingerprint density at radius 1 is 0.778 bits per heavy atom. The molecule has 1 fully saturated rings. The van der Waals surface area contributed by atoms with Crippen LogP contribution in [0.25, 0.3) is 0 Å². The Morgan fingerprint density at radius 2 is 1.39 bits per heavy atom. The maximum atomic E-state index is 5.63. The molecule has 1 aliphatic rings. The lowest BCUT2D eigenvalue weighted by Gasteiger charge is -2.33. The Hall–Kier alpha value is -0.120. The molecule has 1 aliphatic heterocycles. The number of likely N-dealkylation sites (N-methyl/N-ethyl adjacent to an activating group) is 1. The maximum Gasteiger partial charge on any atom is 0.0466 e. The first-order valence-electron chi connectivity index (χ1n) is 7.89. The molecule has 0 bridgehead atoms. The van der Waals surface area contributed by atoms with Crippen LogP contribution in [0.3, 0.4) is 0 Å². The van der Waals surface area contributed by atoms with E-state index in [-0.39, 0.29) is 0 Å². The summed E-state index contributed by atoms with van der Waals surface area (Å²) < 4.78 is 5.63. The Labute approximate surface area is 113 Å². The third kappa shape index (κ3) is 7.34. The second-order valence-electron chi connectivity index (χ2n) is 5.30. The highest BCUT2D eigenvalue weighted by molar-refractivity contribution is 4.70. The van der Waals surface area contributed by atoms with E-state index in [4.69, 9.17) is 4.74 Å². The number of hydrogen-bond acceptors (Lipinski definition) is 3. The summed E-state index contributed by atoms with van der Waals surface area (Å²) in [6, 6.07) is 0. The van der Waals surface area contributed by atoms with Gasteiger partial charge in [0.1, 0.15) is 0 Å². The van der Waals surface area contributed by atoms with Crippen molar-refractivity contribution in [2.75, 3.05) is 52.5 Å². The predicted molar refractivity (Wildman–Crippen MR) is 78.1 cm³/mol. The molecule has 1 saturated heterocycles. The van der Waals surface area contributed by atoms with E-state index in [0.717, 1.165) is 13.2 Å². The van der Waals surface area contributed by atoms with Crippen molar-refractivity contribution in [1.82, 2.24) is 9.80 Å². The highest BCUT2D eigenvalue weighted by Crippen LogP contribution is 2.03. The lowest BCUT2D eigenvalue weighted by molar-refractivity contribution is 0.112. The van der Waals surface area contributed by atoms with Gasteiger partial charge in [0.2, 0.25) is 0 Å². The van der Waals surface area contributed by atoms with E-state index in [1.165, 1.54) is 71.4 Å². The summed E-state index contributed by atoms with van der Waals surface area (Å²) in [5.41, 5.74) is 0. The first-order valence-corrected chi connectivity index (χ1v) is 7.89. The lowest BCUT2D eigenvalue weighted by atomic mass is 10.2. The van der Waals surface area contributed by atoms with Gasteiger partial charge in [0.15, 0.2) is 0 Å². The zero-order valence-electron chi connectivity index (χ0n) is 12.5. The molecule has 0 N–H and O–H groups in total. The fourth-order valence-electron chi connectivity index (χ4n) is 2.42. The number of rotatable bonds is 10. The smallest absolute Gasteiger partial charge is 0.0466 e. The minimum Gasteiger partial charge on any atom is -0.381 e. The van der Waals surface area contributed by atoms with Crippen molar-refractivity contribution in [1.29, 1.82) is 0 Å². The third-order valence-corrected chi connectivity index (χ3v) is 3.82. The van der Waals surface area contributed by atoms with Crippen LogP contribution in [0.4, 0.5) is 0 Å². The van der Waals surface area contributed by atoms with Crippen molar-refractivity contribution in [3.05, 3.63) is 0 Å². The van der Waals surface area contributed by atoms with Crippen LogP contribution < -0.4 is 0 Å². The van der Waals surface area contributed by atoms with Crippen LogP contribution in [0, 0.1) is 0 Å². The number of ether oxygens (including phenoxy) is 1.